The first kappa shape index (κ1) is 13.5. The zero-order valence-corrected chi connectivity index (χ0v) is 10.4. The Kier molecular flexibility index (Phi) is 3.60. The molecule has 2 rings (SSSR count). The minimum atomic E-state index is -0.746. The van der Waals surface area contributed by atoms with Crippen LogP contribution in [0.1, 0.15) is 22.1 Å². The van der Waals surface area contributed by atoms with Crippen LogP contribution >= 0.6 is 0 Å². The van der Waals surface area contributed by atoms with Gasteiger partial charge in [0.1, 0.15) is 5.69 Å². The van der Waals surface area contributed by atoms with Gasteiger partial charge in [-0.2, -0.15) is 4.98 Å². The molecular formula is C11H10N4O5. The summed E-state index contributed by atoms with van der Waals surface area (Å²) < 4.78 is 9.67. The molecule has 0 fully saturated rings. The number of nitro groups is 1. The summed E-state index contributed by atoms with van der Waals surface area (Å²) in [5, 5.41) is 14.3. The van der Waals surface area contributed by atoms with Crippen LogP contribution < -0.4 is 5.73 Å². The molecule has 9 heteroatoms. The van der Waals surface area contributed by atoms with E-state index >= 15 is 0 Å². The van der Waals surface area contributed by atoms with E-state index in [0.717, 1.165) is 6.07 Å². The summed E-state index contributed by atoms with van der Waals surface area (Å²) >= 11 is 0. The van der Waals surface area contributed by atoms with Crippen molar-refractivity contribution in [1.82, 2.24) is 10.1 Å². The minimum absolute atomic E-state index is 0.0159. The average molecular weight is 278 g/mol. The van der Waals surface area contributed by atoms with E-state index in [1.54, 1.807) is 6.92 Å². The molecule has 0 aliphatic rings. The number of nitrogen functional groups attached to an aromatic ring is 1. The maximum absolute atomic E-state index is 11.7. The van der Waals surface area contributed by atoms with Crippen LogP contribution in [0, 0.1) is 17.0 Å². The maximum atomic E-state index is 11.7. The average Bonchev–Trinajstić information content (AvgIpc) is 2.82. The quantitative estimate of drug-likeness (QED) is 0.381. The highest BCUT2D eigenvalue weighted by molar-refractivity contribution is 5.91. The molecule has 0 saturated heterocycles. The number of aromatic nitrogens is 2. The molecule has 0 aliphatic heterocycles. The van der Waals surface area contributed by atoms with Gasteiger partial charge in [-0.15, -0.1) is 0 Å². The van der Waals surface area contributed by atoms with E-state index in [1.807, 2.05) is 0 Å². The van der Waals surface area contributed by atoms with Gasteiger partial charge in [-0.1, -0.05) is 5.16 Å². The van der Waals surface area contributed by atoms with Gasteiger partial charge < -0.3 is 15.0 Å². The number of esters is 1. The number of anilines is 1. The van der Waals surface area contributed by atoms with Gasteiger partial charge in [-0.25, -0.2) is 4.79 Å². The predicted octanol–water partition coefficient (Wildman–Crippen LogP) is 1.23. The van der Waals surface area contributed by atoms with Crippen molar-refractivity contribution in [3.63, 3.8) is 0 Å². The Labute approximate surface area is 112 Å². The fraction of sp³-hybridized carbons (Fsp3) is 0.182. The molecule has 0 spiro atoms. The first-order chi connectivity index (χ1) is 9.47. The number of aryl methyl sites for hydroxylation is 1. The number of nitro benzene ring substituents is 1. The molecule has 1 heterocycles. The molecule has 0 saturated carbocycles. The number of nitrogens with two attached hydrogens (primary N) is 1. The highest BCUT2D eigenvalue weighted by Gasteiger charge is 2.17. The number of rotatable bonds is 4. The summed E-state index contributed by atoms with van der Waals surface area (Å²) in [5.74, 6) is -0.191. The van der Waals surface area contributed by atoms with E-state index < -0.39 is 10.9 Å². The smallest absolute Gasteiger partial charge is 0.338 e. The molecule has 0 unspecified atom stereocenters. The zero-order valence-electron chi connectivity index (χ0n) is 10.4. The third-order valence-corrected chi connectivity index (χ3v) is 2.36. The van der Waals surface area contributed by atoms with Crippen LogP contribution in [0.2, 0.25) is 0 Å². The number of hydrogen-bond acceptors (Lipinski definition) is 8. The Balaban J connectivity index is 2.09. The molecule has 0 atom stereocenters. The Bertz CT molecular complexity index is 667. The van der Waals surface area contributed by atoms with Crippen molar-refractivity contribution in [3.05, 3.63) is 45.6 Å². The third kappa shape index (κ3) is 2.88. The molecule has 0 aliphatic carbocycles. The molecular weight excluding hydrogens is 268 g/mol. The highest BCUT2D eigenvalue weighted by Crippen LogP contribution is 2.22. The first-order valence-corrected chi connectivity index (χ1v) is 5.47. The zero-order chi connectivity index (χ0) is 14.7. The molecule has 1 aromatic heterocycles. The molecule has 9 nitrogen and oxygen atoms in total. The Morgan fingerprint density at radius 3 is 2.90 bits per heavy atom. The number of nitrogens with zero attached hydrogens (tertiary/aromatic N) is 3. The highest BCUT2D eigenvalue weighted by atomic mass is 16.6. The monoisotopic (exact) mass is 278 g/mol. The molecule has 0 amide bonds. The van der Waals surface area contributed by atoms with Gasteiger partial charge in [0, 0.05) is 6.07 Å². The van der Waals surface area contributed by atoms with Crippen LogP contribution in [0.15, 0.2) is 22.7 Å². The number of carbonyl (C=O) groups is 1. The van der Waals surface area contributed by atoms with Crippen molar-refractivity contribution >= 4 is 17.3 Å². The third-order valence-electron chi connectivity index (χ3n) is 2.36. The second-order valence-electron chi connectivity index (χ2n) is 3.84. The number of ether oxygens (including phenoxy) is 1. The van der Waals surface area contributed by atoms with Crippen molar-refractivity contribution in [2.75, 3.05) is 5.73 Å². The van der Waals surface area contributed by atoms with E-state index in [1.165, 1.54) is 12.1 Å². The lowest BCUT2D eigenvalue weighted by atomic mass is 10.2. The van der Waals surface area contributed by atoms with Crippen LogP contribution in [0.5, 0.6) is 0 Å². The number of hydrogen-bond donors (Lipinski definition) is 1. The number of carbonyl (C=O) groups excluding carboxylic acids is 1. The topological polar surface area (TPSA) is 134 Å². The molecule has 104 valence electrons. The lowest BCUT2D eigenvalue weighted by molar-refractivity contribution is -0.383. The minimum Gasteiger partial charge on any atom is -0.452 e. The maximum Gasteiger partial charge on any atom is 0.338 e. The second-order valence-corrected chi connectivity index (χ2v) is 3.84. The molecule has 0 radical (unpaired) electrons. The van der Waals surface area contributed by atoms with Crippen molar-refractivity contribution in [1.29, 1.82) is 0 Å². The van der Waals surface area contributed by atoms with Crippen molar-refractivity contribution in [3.8, 4) is 0 Å². The standard InChI is InChI=1S/C11H10N4O5/c1-6-13-10(20-14-6)5-19-11(16)7-2-3-8(12)9(4-7)15(17)18/h2-4H,5,12H2,1H3. The normalized spacial score (nSPS) is 10.2. The van der Waals surface area contributed by atoms with Gasteiger partial charge in [0.05, 0.1) is 10.5 Å². The Morgan fingerprint density at radius 2 is 2.30 bits per heavy atom. The Hall–Kier alpha value is -2.97. The van der Waals surface area contributed by atoms with Crippen LogP contribution in [-0.2, 0) is 11.3 Å². The summed E-state index contributed by atoms with van der Waals surface area (Å²) in [4.78, 5) is 25.6. The predicted molar refractivity (Wildman–Crippen MR) is 65.7 cm³/mol. The van der Waals surface area contributed by atoms with E-state index in [-0.39, 0.29) is 29.4 Å². The lowest BCUT2D eigenvalue weighted by Crippen LogP contribution is -2.07. The fourth-order valence-corrected chi connectivity index (χ4v) is 1.44. The van der Waals surface area contributed by atoms with Gasteiger partial charge in [-0.3, -0.25) is 10.1 Å². The van der Waals surface area contributed by atoms with E-state index in [0.29, 0.717) is 5.82 Å². The largest absolute Gasteiger partial charge is 0.452 e. The molecule has 20 heavy (non-hydrogen) atoms. The Morgan fingerprint density at radius 1 is 1.55 bits per heavy atom. The summed E-state index contributed by atoms with van der Waals surface area (Å²) in [7, 11) is 0. The van der Waals surface area contributed by atoms with E-state index in [9.17, 15) is 14.9 Å². The SMILES string of the molecule is Cc1noc(COC(=O)c2ccc(N)c([N+](=O)[O-])c2)n1. The van der Waals surface area contributed by atoms with Crippen LogP contribution in [0.3, 0.4) is 0 Å². The van der Waals surface area contributed by atoms with E-state index in [2.05, 4.69) is 10.1 Å². The molecule has 2 N–H and O–H groups in total. The van der Waals surface area contributed by atoms with Crippen molar-refractivity contribution < 1.29 is 19.0 Å². The number of benzene rings is 1. The summed E-state index contributed by atoms with van der Waals surface area (Å²) in [5.41, 5.74) is 5.06. The second kappa shape index (κ2) is 5.34. The van der Waals surface area contributed by atoms with E-state index in [4.69, 9.17) is 15.0 Å². The summed E-state index contributed by atoms with van der Waals surface area (Å²) in [6, 6.07) is 3.66. The van der Waals surface area contributed by atoms with Crippen LogP contribution in [0.25, 0.3) is 0 Å². The summed E-state index contributed by atoms with van der Waals surface area (Å²) in [6.07, 6.45) is 0. The van der Waals surface area contributed by atoms with Crippen molar-refractivity contribution in [2.24, 2.45) is 0 Å². The van der Waals surface area contributed by atoms with Gasteiger partial charge >= 0.3 is 5.97 Å². The molecule has 0 bridgehead atoms. The molecule has 1 aromatic carbocycles. The van der Waals surface area contributed by atoms with Crippen LogP contribution in [0.4, 0.5) is 11.4 Å². The van der Waals surface area contributed by atoms with Crippen molar-refractivity contribution in [2.45, 2.75) is 13.5 Å². The van der Waals surface area contributed by atoms with Gasteiger partial charge in [0.25, 0.3) is 11.6 Å². The van der Waals surface area contributed by atoms with Gasteiger partial charge in [0.15, 0.2) is 12.4 Å². The first-order valence-electron chi connectivity index (χ1n) is 5.47. The van der Waals surface area contributed by atoms with Crippen LogP contribution in [-0.4, -0.2) is 21.0 Å². The lowest BCUT2D eigenvalue weighted by Gasteiger charge is -2.03. The summed E-state index contributed by atoms with van der Waals surface area (Å²) in [6.45, 7) is 1.41. The molecule has 2 aromatic rings. The fourth-order valence-electron chi connectivity index (χ4n) is 1.44. The van der Waals surface area contributed by atoms with Gasteiger partial charge in [-0.05, 0) is 19.1 Å². The van der Waals surface area contributed by atoms with Gasteiger partial charge in [0.2, 0.25) is 0 Å².